The number of benzene rings is 2. The summed E-state index contributed by atoms with van der Waals surface area (Å²) in [6.45, 7) is 0. The number of ether oxygens (including phenoxy) is 3. The average Bonchev–Trinajstić information content (AvgIpc) is 2.69. The lowest BCUT2D eigenvalue weighted by Crippen LogP contribution is -2.25. The summed E-state index contributed by atoms with van der Waals surface area (Å²) in [5, 5.41) is -0.183. The molecule has 0 fully saturated rings. The Balaban J connectivity index is 2.16. The molecule has 0 radical (unpaired) electrons. The van der Waals surface area contributed by atoms with Gasteiger partial charge in [0.1, 0.15) is 11.3 Å². The molecule has 0 aliphatic rings. The highest BCUT2D eigenvalue weighted by Crippen LogP contribution is 2.40. The van der Waals surface area contributed by atoms with Crippen LogP contribution in [0, 0.1) is 0 Å². The standard InChI is InChI=1S/C20H16F3NO6/c1-24(2)19(26)28-11-8-9-12-15(10-11)30-18(20(21,22)23)17(16(12)25)29-14-7-5-4-6-13(14)27-3/h4-10H,1-3H3. The van der Waals surface area contributed by atoms with Crippen molar-refractivity contribution in [1.29, 1.82) is 0 Å². The molecule has 3 aromatic rings. The Morgan fingerprint density at radius 1 is 1.07 bits per heavy atom. The number of nitrogens with zero attached hydrogens (tertiary/aromatic N) is 1. The first kappa shape index (κ1) is 21.0. The number of amides is 1. The fourth-order valence-electron chi connectivity index (χ4n) is 2.50. The van der Waals surface area contributed by atoms with E-state index >= 15 is 0 Å². The summed E-state index contributed by atoms with van der Waals surface area (Å²) in [6.07, 6.45) is -5.77. The summed E-state index contributed by atoms with van der Waals surface area (Å²) >= 11 is 0. The number of methoxy groups -OCH3 is 1. The Bertz CT molecular complexity index is 1150. The molecule has 3 rings (SSSR count). The van der Waals surface area contributed by atoms with E-state index in [1.807, 2.05) is 0 Å². The third-order valence-electron chi connectivity index (χ3n) is 3.93. The van der Waals surface area contributed by atoms with E-state index in [-0.39, 0.29) is 22.6 Å². The fraction of sp³-hybridized carbons (Fsp3) is 0.200. The summed E-state index contributed by atoms with van der Waals surface area (Å²) in [5.41, 5.74) is -1.45. The van der Waals surface area contributed by atoms with E-state index in [0.29, 0.717) is 0 Å². The van der Waals surface area contributed by atoms with Gasteiger partial charge in [-0.25, -0.2) is 4.79 Å². The van der Waals surface area contributed by atoms with Gasteiger partial charge in [0.05, 0.1) is 12.5 Å². The van der Waals surface area contributed by atoms with Crippen molar-refractivity contribution in [3.8, 4) is 23.0 Å². The highest BCUT2D eigenvalue weighted by atomic mass is 19.4. The van der Waals surface area contributed by atoms with E-state index in [0.717, 1.165) is 11.0 Å². The number of rotatable bonds is 4. The van der Waals surface area contributed by atoms with Crippen LogP contribution in [0.5, 0.6) is 23.0 Å². The molecule has 0 unspecified atom stereocenters. The number of carbonyl (C=O) groups excluding carboxylic acids is 1. The van der Waals surface area contributed by atoms with E-state index in [9.17, 15) is 22.8 Å². The van der Waals surface area contributed by atoms with E-state index in [4.69, 9.17) is 18.6 Å². The molecule has 1 heterocycles. The number of alkyl halides is 3. The molecular formula is C20H16F3NO6. The van der Waals surface area contributed by atoms with Crippen molar-refractivity contribution in [2.45, 2.75) is 6.18 Å². The van der Waals surface area contributed by atoms with Crippen molar-refractivity contribution < 1.29 is 36.6 Å². The highest BCUT2D eigenvalue weighted by Gasteiger charge is 2.40. The Morgan fingerprint density at radius 3 is 2.33 bits per heavy atom. The summed E-state index contributed by atoms with van der Waals surface area (Å²) in [7, 11) is 4.19. The SMILES string of the molecule is COc1ccccc1Oc1c(C(F)(F)F)oc2cc(OC(=O)N(C)C)ccc2c1=O. The molecule has 2 aromatic carbocycles. The third-order valence-corrected chi connectivity index (χ3v) is 3.93. The van der Waals surface area contributed by atoms with Crippen LogP contribution in [0.15, 0.2) is 51.7 Å². The molecule has 0 atom stereocenters. The summed E-state index contributed by atoms with van der Waals surface area (Å²) in [5.74, 6) is -2.69. The first-order chi connectivity index (χ1) is 14.1. The lowest BCUT2D eigenvalue weighted by Gasteiger charge is -2.15. The van der Waals surface area contributed by atoms with Gasteiger partial charge in [-0.05, 0) is 24.3 Å². The van der Waals surface area contributed by atoms with Gasteiger partial charge in [0.25, 0.3) is 5.76 Å². The predicted octanol–water partition coefficient (Wildman–Crippen LogP) is 4.67. The Hall–Kier alpha value is -3.69. The van der Waals surface area contributed by atoms with E-state index in [2.05, 4.69) is 0 Å². The van der Waals surface area contributed by atoms with Crippen LogP contribution in [-0.4, -0.2) is 32.2 Å². The Morgan fingerprint density at radius 2 is 1.73 bits per heavy atom. The number of hydrogen-bond acceptors (Lipinski definition) is 6. The minimum atomic E-state index is -5.03. The first-order valence-electron chi connectivity index (χ1n) is 8.50. The molecule has 0 aliphatic heterocycles. The van der Waals surface area contributed by atoms with E-state index in [1.165, 1.54) is 51.5 Å². The molecule has 0 bridgehead atoms. The molecule has 30 heavy (non-hydrogen) atoms. The van der Waals surface area contributed by atoms with Gasteiger partial charge in [-0.15, -0.1) is 0 Å². The normalized spacial score (nSPS) is 11.3. The molecule has 0 N–H and O–H groups in total. The Kier molecular flexibility index (Phi) is 5.59. The zero-order chi connectivity index (χ0) is 22.1. The smallest absolute Gasteiger partial charge is 0.453 e. The van der Waals surface area contributed by atoms with Crippen LogP contribution in [0.3, 0.4) is 0 Å². The second-order valence-electron chi connectivity index (χ2n) is 6.26. The zero-order valence-corrected chi connectivity index (χ0v) is 16.1. The summed E-state index contributed by atoms with van der Waals surface area (Å²) in [4.78, 5) is 25.6. The molecule has 0 saturated heterocycles. The fourth-order valence-corrected chi connectivity index (χ4v) is 2.50. The second-order valence-corrected chi connectivity index (χ2v) is 6.26. The lowest BCUT2D eigenvalue weighted by molar-refractivity contribution is -0.154. The van der Waals surface area contributed by atoms with Crippen LogP contribution in [0.2, 0.25) is 0 Å². The molecule has 0 aliphatic carbocycles. The van der Waals surface area contributed by atoms with Gasteiger partial charge >= 0.3 is 12.3 Å². The predicted molar refractivity (Wildman–Crippen MR) is 100 cm³/mol. The van der Waals surface area contributed by atoms with Crippen LogP contribution in [0.25, 0.3) is 11.0 Å². The number of carbonyl (C=O) groups is 1. The maximum absolute atomic E-state index is 13.6. The van der Waals surface area contributed by atoms with Crippen molar-refractivity contribution in [2.75, 3.05) is 21.2 Å². The minimum Gasteiger partial charge on any atom is -0.493 e. The molecule has 0 spiro atoms. The van der Waals surface area contributed by atoms with Crippen molar-refractivity contribution >= 4 is 17.1 Å². The monoisotopic (exact) mass is 423 g/mol. The van der Waals surface area contributed by atoms with Crippen LogP contribution < -0.4 is 19.6 Å². The second kappa shape index (κ2) is 7.97. The van der Waals surface area contributed by atoms with Gasteiger partial charge in [-0.2, -0.15) is 13.2 Å². The maximum atomic E-state index is 13.6. The number of para-hydroxylation sites is 2. The molecule has 10 heteroatoms. The molecule has 1 aromatic heterocycles. The lowest BCUT2D eigenvalue weighted by atomic mass is 10.2. The van der Waals surface area contributed by atoms with Crippen molar-refractivity contribution in [1.82, 2.24) is 4.90 Å². The third kappa shape index (κ3) is 4.17. The van der Waals surface area contributed by atoms with Crippen molar-refractivity contribution in [2.24, 2.45) is 0 Å². The first-order valence-corrected chi connectivity index (χ1v) is 8.50. The minimum absolute atomic E-state index is 0.0872. The molecule has 158 valence electrons. The quantitative estimate of drug-likeness (QED) is 0.607. The van der Waals surface area contributed by atoms with Gasteiger partial charge in [0, 0.05) is 20.2 Å². The van der Waals surface area contributed by atoms with Crippen LogP contribution in [-0.2, 0) is 6.18 Å². The van der Waals surface area contributed by atoms with Crippen LogP contribution in [0.4, 0.5) is 18.0 Å². The van der Waals surface area contributed by atoms with Crippen LogP contribution in [0.1, 0.15) is 5.76 Å². The largest absolute Gasteiger partial charge is 0.493 e. The van der Waals surface area contributed by atoms with Gasteiger partial charge in [-0.1, -0.05) is 12.1 Å². The summed E-state index contributed by atoms with van der Waals surface area (Å²) < 4.78 is 61.2. The van der Waals surface area contributed by atoms with Gasteiger partial charge < -0.3 is 23.5 Å². The summed E-state index contributed by atoms with van der Waals surface area (Å²) in [6, 6.07) is 9.41. The van der Waals surface area contributed by atoms with E-state index < -0.39 is 34.8 Å². The zero-order valence-electron chi connectivity index (χ0n) is 16.1. The van der Waals surface area contributed by atoms with E-state index in [1.54, 1.807) is 6.07 Å². The van der Waals surface area contributed by atoms with Gasteiger partial charge in [0.15, 0.2) is 11.5 Å². The number of fused-ring (bicyclic) bond motifs is 1. The average molecular weight is 423 g/mol. The highest BCUT2D eigenvalue weighted by molar-refractivity contribution is 5.81. The van der Waals surface area contributed by atoms with Crippen molar-refractivity contribution in [3.63, 3.8) is 0 Å². The number of hydrogen-bond donors (Lipinski definition) is 0. The van der Waals surface area contributed by atoms with Gasteiger partial charge in [0.2, 0.25) is 11.2 Å². The molecular weight excluding hydrogens is 407 g/mol. The molecule has 7 nitrogen and oxygen atoms in total. The Labute approximate surface area is 168 Å². The molecule has 0 saturated carbocycles. The maximum Gasteiger partial charge on any atom is 0.453 e. The molecule has 1 amide bonds. The number of halogens is 3. The topological polar surface area (TPSA) is 78.2 Å². The van der Waals surface area contributed by atoms with Crippen LogP contribution >= 0.6 is 0 Å². The van der Waals surface area contributed by atoms with Crippen molar-refractivity contribution in [3.05, 3.63) is 58.4 Å². The van der Waals surface area contributed by atoms with Gasteiger partial charge in [-0.3, -0.25) is 4.79 Å².